The Kier molecular flexibility index (Phi) is 6.83. The molecule has 4 rings (SSSR count). The van der Waals surface area contributed by atoms with Crippen LogP contribution in [0.25, 0.3) is 22.6 Å². The molecule has 0 atom stereocenters. The van der Waals surface area contributed by atoms with Gasteiger partial charge in [0.15, 0.2) is 16.1 Å². The van der Waals surface area contributed by atoms with Crippen molar-refractivity contribution in [3.05, 3.63) is 64.5 Å². The van der Waals surface area contributed by atoms with E-state index in [1.807, 2.05) is 23.6 Å². The summed E-state index contributed by atoms with van der Waals surface area (Å²) < 4.78 is 29.3. The average Bonchev–Trinajstić information content (AvgIpc) is 3.41. The average molecular weight is 492 g/mol. The molecule has 0 spiro atoms. The van der Waals surface area contributed by atoms with E-state index < -0.39 is 11.6 Å². The number of benzene rings is 2. The summed E-state index contributed by atoms with van der Waals surface area (Å²) >= 11 is 8.33. The van der Waals surface area contributed by atoms with Gasteiger partial charge in [-0.25, -0.2) is 13.8 Å². The molecule has 0 unspecified atom stereocenters. The summed E-state index contributed by atoms with van der Waals surface area (Å²) in [6.07, 6.45) is 0. The van der Waals surface area contributed by atoms with Gasteiger partial charge in [0.2, 0.25) is 5.91 Å². The first-order valence-corrected chi connectivity index (χ1v) is 11.7. The zero-order valence-electron chi connectivity index (χ0n) is 16.7. The standard InChI is InChI=1S/C21H16ClF2N5OS2/c1-2-29-19(12-3-5-13(22)6-4-12)27-28-21(29)32-11-18(30)26-20-25-17(10-31-20)15-9-14(23)7-8-16(15)24/h3-10H,2,11H2,1H3,(H,25,26,30). The number of thioether (sulfide) groups is 1. The normalized spacial score (nSPS) is 11.0. The molecule has 0 aliphatic carbocycles. The van der Waals surface area contributed by atoms with Crippen LogP contribution in [0.4, 0.5) is 13.9 Å². The Morgan fingerprint density at radius 3 is 2.72 bits per heavy atom. The summed E-state index contributed by atoms with van der Waals surface area (Å²) in [6, 6.07) is 10.4. The summed E-state index contributed by atoms with van der Waals surface area (Å²) in [7, 11) is 0. The van der Waals surface area contributed by atoms with E-state index >= 15 is 0 Å². The van der Waals surface area contributed by atoms with Crippen LogP contribution in [0, 0.1) is 11.6 Å². The van der Waals surface area contributed by atoms with Gasteiger partial charge in [0.25, 0.3) is 0 Å². The molecule has 1 amide bonds. The molecule has 2 aromatic carbocycles. The van der Waals surface area contributed by atoms with Crippen LogP contribution in [0.5, 0.6) is 0 Å². The van der Waals surface area contributed by atoms with E-state index in [0.717, 1.165) is 35.1 Å². The van der Waals surface area contributed by atoms with Gasteiger partial charge in [0.05, 0.1) is 11.4 Å². The summed E-state index contributed by atoms with van der Waals surface area (Å²) in [6.45, 7) is 2.60. The van der Waals surface area contributed by atoms with Crippen LogP contribution in [0.3, 0.4) is 0 Å². The molecule has 0 aliphatic heterocycles. The third-order valence-corrected chi connectivity index (χ3v) is 6.40. The molecule has 0 aliphatic rings. The van der Waals surface area contributed by atoms with Gasteiger partial charge in [-0.3, -0.25) is 4.79 Å². The highest BCUT2D eigenvalue weighted by atomic mass is 35.5. The van der Waals surface area contributed by atoms with Crippen LogP contribution in [0.15, 0.2) is 53.0 Å². The van der Waals surface area contributed by atoms with Gasteiger partial charge in [-0.05, 0) is 49.4 Å². The highest BCUT2D eigenvalue weighted by Gasteiger charge is 2.16. The number of hydrogen-bond donors (Lipinski definition) is 1. The van der Waals surface area contributed by atoms with Crippen molar-refractivity contribution in [1.29, 1.82) is 0 Å². The zero-order chi connectivity index (χ0) is 22.7. The highest BCUT2D eigenvalue weighted by molar-refractivity contribution is 7.99. The molecule has 2 aromatic heterocycles. The summed E-state index contributed by atoms with van der Waals surface area (Å²) in [4.78, 5) is 16.6. The van der Waals surface area contributed by atoms with Crippen molar-refractivity contribution in [2.45, 2.75) is 18.6 Å². The van der Waals surface area contributed by atoms with Gasteiger partial charge in [0, 0.05) is 28.1 Å². The monoisotopic (exact) mass is 491 g/mol. The summed E-state index contributed by atoms with van der Waals surface area (Å²) in [5.41, 5.74) is 1.18. The lowest BCUT2D eigenvalue weighted by molar-refractivity contribution is -0.113. The van der Waals surface area contributed by atoms with Crippen molar-refractivity contribution >= 4 is 45.7 Å². The van der Waals surface area contributed by atoms with E-state index in [2.05, 4.69) is 20.5 Å². The first kappa shape index (κ1) is 22.4. The van der Waals surface area contributed by atoms with Gasteiger partial charge in [-0.15, -0.1) is 21.5 Å². The van der Waals surface area contributed by atoms with Gasteiger partial charge in [-0.1, -0.05) is 23.4 Å². The van der Waals surface area contributed by atoms with Crippen LogP contribution in [-0.4, -0.2) is 31.4 Å². The van der Waals surface area contributed by atoms with Crippen LogP contribution >= 0.6 is 34.7 Å². The summed E-state index contributed by atoms with van der Waals surface area (Å²) in [5.74, 6) is -0.667. The Morgan fingerprint density at radius 1 is 1.19 bits per heavy atom. The lowest BCUT2D eigenvalue weighted by atomic mass is 10.1. The second kappa shape index (κ2) is 9.76. The molecule has 164 valence electrons. The van der Waals surface area contributed by atoms with Crippen LogP contribution in [0.1, 0.15) is 6.92 Å². The molecule has 32 heavy (non-hydrogen) atoms. The quantitative estimate of drug-likeness (QED) is 0.333. The van der Waals surface area contributed by atoms with Crippen molar-refractivity contribution in [1.82, 2.24) is 19.7 Å². The van der Waals surface area contributed by atoms with Crippen molar-refractivity contribution < 1.29 is 13.6 Å². The van der Waals surface area contributed by atoms with Gasteiger partial charge in [-0.2, -0.15) is 0 Å². The SMILES string of the molecule is CCn1c(SCC(=O)Nc2nc(-c3cc(F)ccc3F)cs2)nnc1-c1ccc(Cl)cc1. The van der Waals surface area contributed by atoms with Crippen LogP contribution in [0.2, 0.25) is 5.02 Å². The molecule has 1 N–H and O–H groups in total. The lowest BCUT2D eigenvalue weighted by Crippen LogP contribution is -2.14. The molecule has 0 saturated carbocycles. The lowest BCUT2D eigenvalue weighted by Gasteiger charge is -2.07. The number of thiazole rings is 1. The fourth-order valence-corrected chi connectivity index (χ4v) is 4.58. The minimum atomic E-state index is -0.583. The predicted octanol–water partition coefficient (Wildman–Crippen LogP) is 5.75. The Bertz CT molecular complexity index is 1260. The number of carbonyl (C=O) groups is 1. The van der Waals surface area contributed by atoms with E-state index in [0.29, 0.717) is 27.7 Å². The molecule has 0 radical (unpaired) electrons. The number of nitrogens with one attached hydrogen (secondary N) is 1. The van der Waals surface area contributed by atoms with Gasteiger partial charge < -0.3 is 9.88 Å². The summed E-state index contributed by atoms with van der Waals surface area (Å²) in [5, 5.41) is 14.2. The molecule has 0 fully saturated rings. The molecule has 0 bridgehead atoms. The minimum Gasteiger partial charge on any atom is -0.302 e. The first-order valence-electron chi connectivity index (χ1n) is 9.47. The Hall–Kier alpha value is -2.82. The number of anilines is 1. The highest BCUT2D eigenvalue weighted by Crippen LogP contribution is 2.28. The van der Waals surface area contributed by atoms with Crippen molar-refractivity contribution in [3.8, 4) is 22.6 Å². The second-order valence-corrected chi connectivity index (χ2v) is 8.79. The molecule has 2 heterocycles. The third kappa shape index (κ3) is 4.98. The largest absolute Gasteiger partial charge is 0.302 e. The number of aromatic nitrogens is 4. The van der Waals surface area contributed by atoms with E-state index in [4.69, 9.17) is 11.6 Å². The van der Waals surface area contributed by atoms with Gasteiger partial charge >= 0.3 is 0 Å². The number of hydrogen-bond acceptors (Lipinski definition) is 6. The van der Waals surface area contributed by atoms with E-state index in [-0.39, 0.29) is 22.9 Å². The number of rotatable bonds is 7. The van der Waals surface area contributed by atoms with Crippen LogP contribution in [-0.2, 0) is 11.3 Å². The maximum atomic E-state index is 13.9. The Morgan fingerprint density at radius 2 is 1.97 bits per heavy atom. The molecule has 11 heteroatoms. The molecule has 4 aromatic rings. The first-order chi connectivity index (χ1) is 15.4. The smallest absolute Gasteiger partial charge is 0.236 e. The van der Waals surface area contributed by atoms with Crippen molar-refractivity contribution in [2.75, 3.05) is 11.1 Å². The number of halogens is 3. The Balaban J connectivity index is 1.41. The molecule has 0 saturated heterocycles. The number of amides is 1. The third-order valence-electron chi connectivity index (χ3n) is 4.42. The van der Waals surface area contributed by atoms with Gasteiger partial charge in [0.1, 0.15) is 11.6 Å². The zero-order valence-corrected chi connectivity index (χ0v) is 19.1. The minimum absolute atomic E-state index is 0.0434. The molecule has 6 nitrogen and oxygen atoms in total. The van der Waals surface area contributed by atoms with Crippen LogP contribution < -0.4 is 5.32 Å². The van der Waals surface area contributed by atoms with E-state index in [9.17, 15) is 13.6 Å². The van der Waals surface area contributed by atoms with Crippen molar-refractivity contribution in [3.63, 3.8) is 0 Å². The topological polar surface area (TPSA) is 72.7 Å². The number of carbonyl (C=O) groups excluding carboxylic acids is 1. The van der Waals surface area contributed by atoms with E-state index in [1.165, 1.54) is 11.8 Å². The number of nitrogens with zero attached hydrogens (tertiary/aromatic N) is 4. The molecular weight excluding hydrogens is 476 g/mol. The fourth-order valence-electron chi connectivity index (χ4n) is 2.93. The maximum absolute atomic E-state index is 13.9. The van der Waals surface area contributed by atoms with Crippen molar-refractivity contribution in [2.24, 2.45) is 0 Å². The fraction of sp³-hybridized carbons (Fsp3) is 0.143. The van der Waals surface area contributed by atoms with E-state index in [1.54, 1.807) is 17.5 Å². The molecular formula is C21H16ClF2N5OS2. The second-order valence-electron chi connectivity index (χ2n) is 6.56. The Labute approximate surface area is 195 Å². The maximum Gasteiger partial charge on any atom is 0.236 e. The predicted molar refractivity (Wildman–Crippen MR) is 123 cm³/mol.